The first kappa shape index (κ1) is 15.2. The number of nitro groups is 1. The summed E-state index contributed by atoms with van der Waals surface area (Å²) in [5.74, 6) is 1.04. The number of H-pyrrole nitrogens is 1. The highest BCUT2D eigenvalue weighted by Crippen LogP contribution is 2.28. The largest absolute Gasteiger partial charge is 0.344 e. The van der Waals surface area contributed by atoms with Gasteiger partial charge in [-0.2, -0.15) is 0 Å². The van der Waals surface area contributed by atoms with Gasteiger partial charge in [0.25, 0.3) is 5.69 Å². The molecule has 2 rings (SSSR count). The minimum atomic E-state index is -0.405. The first-order chi connectivity index (χ1) is 9.93. The molecule has 2 unspecified atom stereocenters. The number of nitro benzene ring substituents is 1. The smallest absolute Gasteiger partial charge is 0.270 e. The maximum atomic E-state index is 10.9. The molecule has 6 heteroatoms. The number of benzene rings is 1. The lowest BCUT2D eigenvalue weighted by molar-refractivity contribution is -0.384. The van der Waals surface area contributed by atoms with Crippen LogP contribution in [0.25, 0.3) is 11.3 Å². The van der Waals surface area contributed by atoms with Gasteiger partial charge in [-0.1, -0.05) is 32.4 Å². The van der Waals surface area contributed by atoms with E-state index in [9.17, 15) is 10.1 Å². The normalized spacial score (nSPS) is 13.9. The van der Waals surface area contributed by atoms with Gasteiger partial charge in [0.05, 0.1) is 16.7 Å². The Balaban J connectivity index is 2.39. The van der Waals surface area contributed by atoms with E-state index in [1.54, 1.807) is 6.07 Å². The number of hydrogen-bond donors (Lipinski definition) is 2. The van der Waals surface area contributed by atoms with Crippen LogP contribution in [0.5, 0.6) is 0 Å². The van der Waals surface area contributed by atoms with Crippen LogP contribution in [-0.4, -0.2) is 14.9 Å². The van der Waals surface area contributed by atoms with E-state index >= 15 is 0 Å². The first-order valence-corrected chi connectivity index (χ1v) is 7.01. The highest BCUT2D eigenvalue weighted by molar-refractivity contribution is 5.64. The molecular weight excluding hydrogens is 268 g/mol. The Morgan fingerprint density at radius 3 is 2.81 bits per heavy atom. The lowest BCUT2D eigenvalue weighted by atomic mass is 10.00. The highest BCUT2D eigenvalue weighted by Gasteiger charge is 2.19. The summed E-state index contributed by atoms with van der Waals surface area (Å²) in [6, 6.07) is 6.31. The van der Waals surface area contributed by atoms with E-state index < -0.39 is 4.92 Å². The van der Waals surface area contributed by atoms with Crippen molar-refractivity contribution in [3.63, 3.8) is 0 Å². The molecule has 1 aromatic carbocycles. The minimum absolute atomic E-state index is 0.0580. The molecule has 0 amide bonds. The third kappa shape index (κ3) is 3.11. The van der Waals surface area contributed by atoms with Gasteiger partial charge in [0.1, 0.15) is 5.82 Å². The van der Waals surface area contributed by atoms with Gasteiger partial charge >= 0.3 is 0 Å². The molecule has 0 bridgehead atoms. The van der Waals surface area contributed by atoms with E-state index in [2.05, 4.69) is 23.8 Å². The van der Waals surface area contributed by atoms with Gasteiger partial charge in [-0.25, -0.2) is 4.98 Å². The van der Waals surface area contributed by atoms with Gasteiger partial charge in [0.15, 0.2) is 0 Å². The number of aromatic amines is 1. The van der Waals surface area contributed by atoms with Crippen molar-refractivity contribution >= 4 is 5.69 Å². The molecule has 21 heavy (non-hydrogen) atoms. The quantitative estimate of drug-likeness (QED) is 0.651. The predicted octanol–water partition coefficient (Wildman–Crippen LogP) is 3.34. The van der Waals surface area contributed by atoms with E-state index in [0.717, 1.165) is 23.5 Å². The number of aryl methyl sites for hydroxylation is 1. The monoisotopic (exact) mass is 288 g/mol. The summed E-state index contributed by atoms with van der Waals surface area (Å²) in [6.07, 6.45) is 0.965. The number of hydrogen-bond acceptors (Lipinski definition) is 4. The lowest BCUT2D eigenvalue weighted by Gasteiger charge is -2.15. The van der Waals surface area contributed by atoms with E-state index in [0.29, 0.717) is 11.6 Å². The number of non-ortho nitro benzene ring substituents is 1. The van der Waals surface area contributed by atoms with Gasteiger partial charge in [0.2, 0.25) is 0 Å². The molecule has 0 spiro atoms. The van der Waals surface area contributed by atoms with Crippen LogP contribution >= 0.6 is 0 Å². The molecular formula is C15H20N4O2. The van der Waals surface area contributed by atoms with Gasteiger partial charge in [-0.15, -0.1) is 0 Å². The number of rotatable bonds is 5. The van der Waals surface area contributed by atoms with Crippen LogP contribution in [0.2, 0.25) is 0 Å². The molecule has 0 aliphatic carbocycles. The molecule has 6 nitrogen and oxygen atoms in total. The Morgan fingerprint density at radius 2 is 2.19 bits per heavy atom. The molecule has 1 aromatic heterocycles. The molecule has 0 fully saturated rings. The molecule has 1 heterocycles. The molecule has 2 aromatic rings. The van der Waals surface area contributed by atoms with Gasteiger partial charge in [0, 0.05) is 23.4 Å². The van der Waals surface area contributed by atoms with E-state index in [1.165, 1.54) is 12.1 Å². The standard InChI is InChI=1S/C15H20N4O2/c1-4-9(2)13(16)15-17-10(3)14(18-15)11-6-5-7-12(8-11)19(20)21/h5-9,13H,4,16H2,1-3H3,(H,17,18). The summed E-state index contributed by atoms with van der Waals surface area (Å²) in [6.45, 7) is 6.06. The Bertz CT molecular complexity index is 651. The summed E-state index contributed by atoms with van der Waals surface area (Å²) < 4.78 is 0. The fraction of sp³-hybridized carbons (Fsp3) is 0.400. The summed E-state index contributed by atoms with van der Waals surface area (Å²) in [5, 5.41) is 10.9. The molecule has 0 aliphatic rings. The zero-order valence-electron chi connectivity index (χ0n) is 12.5. The van der Waals surface area contributed by atoms with Crippen LogP contribution in [-0.2, 0) is 0 Å². The van der Waals surface area contributed by atoms with Crippen molar-refractivity contribution in [1.29, 1.82) is 0 Å². The van der Waals surface area contributed by atoms with E-state index in [-0.39, 0.29) is 11.7 Å². The van der Waals surface area contributed by atoms with Gasteiger partial charge < -0.3 is 10.7 Å². The van der Waals surface area contributed by atoms with Crippen LogP contribution < -0.4 is 5.73 Å². The second kappa shape index (κ2) is 6.05. The molecule has 0 radical (unpaired) electrons. The second-order valence-corrected chi connectivity index (χ2v) is 5.31. The number of nitrogens with one attached hydrogen (secondary N) is 1. The minimum Gasteiger partial charge on any atom is -0.344 e. The number of nitrogens with zero attached hydrogens (tertiary/aromatic N) is 2. The summed E-state index contributed by atoms with van der Waals surface area (Å²) in [5.41, 5.74) is 8.55. The average Bonchev–Trinajstić information content (AvgIpc) is 2.87. The highest BCUT2D eigenvalue weighted by atomic mass is 16.6. The fourth-order valence-corrected chi connectivity index (χ4v) is 2.21. The van der Waals surface area contributed by atoms with Crippen molar-refractivity contribution in [2.24, 2.45) is 11.7 Å². The van der Waals surface area contributed by atoms with Crippen molar-refractivity contribution in [1.82, 2.24) is 9.97 Å². The van der Waals surface area contributed by atoms with E-state index in [1.807, 2.05) is 13.0 Å². The Morgan fingerprint density at radius 1 is 1.48 bits per heavy atom. The van der Waals surface area contributed by atoms with Crippen LogP contribution in [0.15, 0.2) is 24.3 Å². The predicted molar refractivity (Wildman–Crippen MR) is 81.8 cm³/mol. The zero-order chi connectivity index (χ0) is 15.6. The SMILES string of the molecule is CCC(C)C(N)c1nc(-c2cccc([N+](=O)[O-])c2)c(C)[nH]1. The van der Waals surface area contributed by atoms with Crippen molar-refractivity contribution < 1.29 is 4.92 Å². The Hall–Kier alpha value is -2.21. The van der Waals surface area contributed by atoms with Gasteiger partial charge in [-0.05, 0) is 12.8 Å². The molecule has 0 saturated heterocycles. The van der Waals surface area contributed by atoms with Gasteiger partial charge in [-0.3, -0.25) is 10.1 Å². The zero-order valence-corrected chi connectivity index (χ0v) is 12.5. The van der Waals surface area contributed by atoms with Crippen LogP contribution in [0, 0.1) is 23.0 Å². The first-order valence-electron chi connectivity index (χ1n) is 7.01. The van der Waals surface area contributed by atoms with Crippen molar-refractivity contribution in [3.8, 4) is 11.3 Å². The molecule has 3 N–H and O–H groups in total. The van der Waals surface area contributed by atoms with Crippen LogP contribution in [0.3, 0.4) is 0 Å². The third-order valence-corrected chi connectivity index (χ3v) is 3.81. The lowest BCUT2D eigenvalue weighted by Crippen LogP contribution is -2.19. The maximum Gasteiger partial charge on any atom is 0.270 e. The molecule has 112 valence electrons. The summed E-state index contributed by atoms with van der Waals surface area (Å²) >= 11 is 0. The van der Waals surface area contributed by atoms with E-state index in [4.69, 9.17) is 5.73 Å². The topological polar surface area (TPSA) is 97.8 Å². The Kier molecular flexibility index (Phi) is 4.37. The van der Waals surface area contributed by atoms with Crippen molar-refractivity contribution in [3.05, 3.63) is 45.9 Å². The Labute approximate surface area is 123 Å². The summed E-state index contributed by atoms with van der Waals surface area (Å²) in [4.78, 5) is 18.2. The van der Waals surface area contributed by atoms with Crippen LogP contribution in [0.4, 0.5) is 5.69 Å². The maximum absolute atomic E-state index is 10.9. The number of imidazole rings is 1. The number of aromatic nitrogens is 2. The van der Waals surface area contributed by atoms with Crippen molar-refractivity contribution in [2.75, 3.05) is 0 Å². The molecule has 2 atom stereocenters. The second-order valence-electron chi connectivity index (χ2n) is 5.31. The van der Waals surface area contributed by atoms with Crippen LogP contribution in [0.1, 0.15) is 37.8 Å². The molecule has 0 saturated carbocycles. The molecule has 0 aliphatic heterocycles. The average molecular weight is 288 g/mol. The third-order valence-electron chi connectivity index (χ3n) is 3.81. The van der Waals surface area contributed by atoms with Crippen molar-refractivity contribution in [2.45, 2.75) is 33.2 Å². The number of nitrogens with two attached hydrogens (primary N) is 1. The summed E-state index contributed by atoms with van der Waals surface area (Å²) in [7, 11) is 0. The fourth-order valence-electron chi connectivity index (χ4n) is 2.21.